The van der Waals surface area contributed by atoms with Gasteiger partial charge in [0.2, 0.25) is 0 Å². The highest BCUT2D eigenvalue weighted by Gasteiger charge is 2.29. The van der Waals surface area contributed by atoms with Crippen molar-refractivity contribution in [3.05, 3.63) is 33.7 Å². The van der Waals surface area contributed by atoms with Crippen LogP contribution >= 0.6 is 0 Å². The molecule has 5 heteroatoms. The van der Waals surface area contributed by atoms with Crippen molar-refractivity contribution in [2.24, 2.45) is 5.92 Å². The zero-order chi connectivity index (χ0) is 15.4. The molecule has 21 heavy (non-hydrogen) atoms. The predicted molar refractivity (Wildman–Crippen MR) is 83.6 cm³/mol. The minimum atomic E-state index is -0.199. The topological polar surface area (TPSA) is 65.2 Å². The van der Waals surface area contributed by atoms with Crippen molar-refractivity contribution in [1.29, 1.82) is 0 Å². The van der Waals surface area contributed by atoms with Gasteiger partial charge in [0.15, 0.2) is 5.43 Å². The van der Waals surface area contributed by atoms with Crippen LogP contribution in [0, 0.1) is 12.8 Å². The number of amides is 1. The third-order valence-corrected chi connectivity index (χ3v) is 4.14. The second-order valence-corrected chi connectivity index (χ2v) is 5.97. The van der Waals surface area contributed by atoms with E-state index in [2.05, 4.69) is 24.1 Å². The molecule has 2 heterocycles. The number of pyridine rings is 1. The standard InChI is InChI=1S/C16H25N3O2/c1-4-6-17-14-5-7-19(10-11(14)2)16(21)13-9-18-12(3)8-15(13)20/h8-9,11,14,17H,4-7,10H2,1-3H3,(H,18,20). The summed E-state index contributed by atoms with van der Waals surface area (Å²) in [7, 11) is 0. The zero-order valence-electron chi connectivity index (χ0n) is 13.1. The van der Waals surface area contributed by atoms with Crippen LogP contribution in [0.5, 0.6) is 0 Å². The molecule has 116 valence electrons. The van der Waals surface area contributed by atoms with E-state index in [0.717, 1.165) is 25.1 Å². The highest BCUT2D eigenvalue weighted by Crippen LogP contribution is 2.18. The number of H-pyrrole nitrogens is 1. The quantitative estimate of drug-likeness (QED) is 0.884. The Kier molecular flexibility index (Phi) is 5.17. The normalized spacial score (nSPS) is 22.3. The number of rotatable bonds is 4. The van der Waals surface area contributed by atoms with Crippen molar-refractivity contribution in [2.75, 3.05) is 19.6 Å². The minimum absolute atomic E-state index is 0.156. The molecule has 1 saturated heterocycles. The predicted octanol–water partition coefficient (Wildman–Crippen LogP) is 1.53. The summed E-state index contributed by atoms with van der Waals surface area (Å²) in [6.07, 6.45) is 3.59. The van der Waals surface area contributed by atoms with Crippen LogP contribution in [-0.2, 0) is 0 Å². The fourth-order valence-electron chi connectivity index (χ4n) is 2.87. The zero-order valence-corrected chi connectivity index (χ0v) is 13.1. The average Bonchev–Trinajstić information content (AvgIpc) is 2.45. The van der Waals surface area contributed by atoms with Gasteiger partial charge in [-0.2, -0.15) is 0 Å². The van der Waals surface area contributed by atoms with Crippen LogP contribution < -0.4 is 10.7 Å². The van der Waals surface area contributed by atoms with E-state index in [0.29, 0.717) is 25.0 Å². The number of likely N-dealkylation sites (tertiary alicyclic amines) is 1. The molecule has 1 aromatic heterocycles. The fourth-order valence-corrected chi connectivity index (χ4v) is 2.87. The van der Waals surface area contributed by atoms with E-state index in [-0.39, 0.29) is 16.9 Å². The lowest BCUT2D eigenvalue weighted by Crippen LogP contribution is -2.50. The van der Waals surface area contributed by atoms with Crippen molar-refractivity contribution in [2.45, 2.75) is 39.7 Å². The fraction of sp³-hybridized carbons (Fsp3) is 0.625. The number of hydrogen-bond donors (Lipinski definition) is 2. The number of aromatic nitrogens is 1. The van der Waals surface area contributed by atoms with Crippen molar-refractivity contribution in [1.82, 2.24) is 15.2 Å². The summed E-state index contributed by atoms with van der Waals surface area (Å²) in [5.41, 5.74) is 0.815. The highest BCUT2D eigenvalue weighted by molar-refractivity contribution is 5.93. The van der Waals surface area contributed by atoms with Gasteiger partial charge in [0.25, 0.3) is 5.91 Å². The number of aromatic amines is 1. The Bertz CT molecular complexity index is 553. The maximum atomic E-state index is 12.5. The van der Waals surface area contributed by atoms with E-state index >= 15 is 0 Å². The number of carbonyl (C=O) groups excluding carboxylic acids is 1. The van der Waals surface area contributed by atoms with E-state index in [1.165, 1.54) is 12.3 Å². The monoisotopic (exact) mass is 291 g/mol. The average molecular weight is 291 g/mol. The van der Waals surface area contributed by atoms with Crippen LogP contribution in [0.1, 0.15) is 42.7 Å². The first kappa shape index (κ1) is 15.8. The molecule has 1 amide bonds. The smallest absolute Gasteiger partial charge is 0.259 e. The van der Waals surface area contributed by atoms with Crippen molar-refractivity contribution in [3.63, 3.8) is 0 Å². The molecule has 1 aliphatic rings. The number of nitrogens with one attached hydrogen (secondary N) is 2. The molecule has 2 unspecified atom stereocenters. The summed E-state index contributed by atoms with van der Waals surface area (Å²) >= 11 is 0. The first-order valence-corrected chi connectivity index (χ1v) is 7.75. The van der Waals surface area contributed by atoms with E-state index in [1.54, 1.807) is 4.90 Å². The summed E-state index contributed by atoms with van der Waals surface area (Å²) in [5.74, 6) is 0.246. The van der Waals surface area contributed by atoms with Gasteiger partial charge in [0.05, 0.1) is 0 Å². The Balaban J connectivity index is 2.03. The van der Waals surface area contributed by atoms with Gasteiger partial charge in [-0.15, -0.1) is 0 Å². The third kappa shape index (κ3) is 3.73. The number of aryl methyl sites for hydroxylation is 1. The number of piperidine rings is 1. The molecule has 2 N–H and O–H groups in total. The van der Waals surface area contributed by atoms with Gasteiger partial charge in [-0.1, -0.05) is 13.8 Å². The summed E-state index contributed by atoms with van der Waals surface area (Å²) in [4.78, 5) is 29.2. The van der Waals surface area contributed by atoms with Crippen LogP contribution in [-0.4, -0.2) is 41.5 Å². The van der Waals surface area contributed by atoms with E-state index in [4.69, 9.17) is 0 Å². The first-order valence-electron chi connectivity index (χ1n) is 7.75. The van der Waals surface area contributed by atoms with Crippen LogP contribution in [0.25, 0.3) is 0 Å². The Hall–Kier alpha value is -1.62. The highest BCUT2D eigenvalue weighted by atomic mass is 16.2. The lowest BCUT2D eigenvalue weighted by molar-refractivity contribution is 0.0643. The van der Waals surface area contributed by atoms with Crippen molar-refractivity contribution in [3.8, 4) is 0 Å². The minimum Gasteiger partial charge on any atom is -0.364 e. The number of hydrogen-bond acceptors (Lipinski definition) is 3. The van der Waals surface area contributed by atoms with Gasteiger partial charge in [0.1, 0.15) is 5.56 Å². The summed E-state index contributed by atoms with van der Waals surface area (Å²) in [6.45, 7) is 8.54. The van der Waals surface area contributed by atoms with E-state index in [1.807, 2.05) is 6.92 Å². The van der Waals surface area contributed by atoms with Gasteiger partial charge in [-0.05, 0) is 32.2 Å². The maximum Gasteiger partial charge on any atom is 0.259 e. The van der Waals surface area contributed by atoms with Crippen molar-refractivity contribution < 1.29 is 4.79 Å². The van der Waals surface area contributed by atoms with Crippen LogP contribution in [0.3, 0.4) is 0 Å². The second kappa shape index (κ2) is 6.89. The van der Waals surface area contributed by atoms with Crippen LogP contribution in [0.2, 0.25) is 0 Å². The third-order valence-electron chi connectivity index (χ3n) is 4.14. The molecule has 0 aromatic carbocycles. The first-order chi connectivity index (χ1) is 10.0. The molecule has 0 spiro atoms. The second-order valence-electron chi connectivity index (χ2n) is 5.97. The Labute approximate surface area is 125 Å². The van der Waals surface area contributed by atoms with Gasteiger partial charge < -0.3 is 15.2 Å². The van der Waals surface area contributed by atoms with Gasteiger partial charge in [-0.25, -0.2) is 0 Å². The maximum absolute atomic E-state index is 12.5. The van der Waals surface area contributed by atoms with Gasteiger partial charge in [-0.3, -0.25) is 9.59 Å². The molecule has 0 radical (unpaired) electrons. The molecule has 5 nitrogen and oxygen atoms in total. The number of nitrogens with zero attached hydrogens (tertiary/aromatic N) is 1. The van der Waals surface area contributed by atoms with Gasteiger partial charge >= 0.3 is 0 Å². The van der Waals surface area contributed by atoms with E-state index in [9.17, 15) is 9.59 Å². The largest absolute Gasteiger partial charge is 0.364 e. The van der Waals surface area contributed by atoms with Crippen molar-refractivity contribution >= 4 is 5.91 Å². The molecule has 0 aliphatic carbocycles. The van der Waals surface area contributed by atoms with E-state index < -0.39 is 0 Å². The Morgan fingerprint density at radius 2 is 2.29 bits per heavy atom. The molecule has 0 bridgehead atoms. The van der Waals surface area contributed by atoms with Crippen LogP contribution in [0.4, 0.5) is 0 Å². The number of carbonyl (C=O) groups is 1. The molecule has 1 aromatic rings. The Morgan fingerprint density at radius 1 is 1.52 bits per heavy atom. The molecule has 1 fully saturated rings. The lowest BCUT2D eigenvalue weighted by atomic mass is 9.93. The summed E-state index contributed by atoms with van der Waals surface area (Å²) in [5, 5.41) is 3.53. The van der Waals surface area contributed by atoms with Crippen LogP contribution in [0.15, 0.2) is 17.1 Å². The molecule has 1 aliphatic heterocycles. The molecule has 0 saturated carbocycles. The molecule has 2 rings (SSSR count). The SMILES string of the molecule is CCCNC1CCN(C(=O)c2c[nH]c(C)cc2=O)CC1C. The summed E-state index contributed by atoms with van der Waals surface area (Å²) in [6, 6.07) is 1.94. The molecule has 2 atom stereocenters. The lowest BCUT2D eigenvalue weighted by Gasteiger charge is -2.37. The molecular formula is C16H25N3O2. The molecular weight excluding hydrogens is 266 g/mol. The van der Waals surface area contributed by atoms with Gasteiger partial charge in [0, 0.05) is 37.1 Å². The Morgan fingerprint density at radius 3 is 2.90 bits per heavy atom. The summed E-state index contributed by atoms with van der Waals surface area (Å²) < 4.78 is 0.